The Morgan fingerprint density at radius 2 is 2.00 bits per heavy atom. The average Bonchev–Trinajstić information content (AvgIpc) is 3.03. The number of alkyl halides is 2. The van der Waals surface area contributed by atoms with E-state index < -0.39 is 6.61 Å². The highest BCUT2D eigenvalue weighted by atomic mass is 19.3. The largest absolute Gasteiger partial charge is 0.435 e. The molecule has 1 aromatic carbocycles. The molecule has 1 saturated carbocycles. The fraction of sp³-hybridized carbons (Fsp3) is 0.562. The SMILES string of the molecule is NC1CCC2CN(C(=O)Cc3ccc(OC(F)F)cc3)CC12. The molecule has 3 unspecified atom stereocenters. The summed E-state index contributed by atoms with van der Waals surface area (Å²) >= 11 is 0. The Kier molecular flexibility index (Phi) is 4.29. The third kappa shape index (κ3) is 3.21. The zero-order valence-corrected chi connectivity index (χ0v) is 12.3. The van der Waals surface area contributed by atoms with Crippen molar-refractivity contribution in [3.8, 4) is 5.75 Å². The summed E-state index contributed by atoms with van der Waals surface area (Å²) in [5.74, 6) is 1.16. The molecule has 1 aromatic rings. The van der Waals surface area contributed by atoms with Gasteiger partial charge in [-0.3, -0.25) is 4.79 Å². The van der Waals surface area contributed by atoms with Gasteiger partial charge in [0.15, 0.2) is 0 Å². The highest BCUT2D eigenvalue weighted by molar-refractivity contribution is 5.79. The highest BCUT2D eigenvalue weighted by Crippen LogP contribution is 2.37. The van der Waals surface area contributed by atoms with E-state index in [9.17, 15) is 13.6 Å². The predicted molar refractivity (Wildman–Crippen MR) is 77.5 cm³/mol. The molecule has 0 radical (unpaired) electrons. The molecule has 2 fully saturated rings. The number of rotatable bonds is 4. The first-order valence-electron chi connectivity index (χ1n) is 7.60. The molecule has 0 spiro atoms. The van der Waals surface area contributed by atoms with Crippen molar-refractivity contribution in [2.75, 3.05) is 13.1 Å². The molecule has 3 rings (SSSR count). The lowest BCUT2D eigenvalue weighted by Gasteiger charge is -2.19. The normalized spacial score (nSPS) is 27.3. The number of fused-ring (bicyclic) bond motifs is 1. The van der Waals surface area contributed by atoms with Gasteiger partial charge in [0.25, 0.3) is 0 Å². The van der Waals surface area contributed by atoms with Crippen molar-refractivity contribution in [3.05, 3.63) is 29.8 Å². The predicted octanol–water partition coefficient (Wildman–Crippen LogP) is 2.03. The summed E-state index contributed by atoms with van der Waals surface area (Å²) in [6.07, 6.45) is 2.45. The van der Waals surface area contributed by atoms with Crippen LogP contribution in [0.4, 0.5) is 8.78 Å². The van der Waals surface area contributed by atoms with Gasteiger partial charge in [-0.2, -0.15) is 8.78 Å². The summed E-state index contributed by atoms with van der Waals surface area (Å²) in [5, 5.41) is 0. The first kappa shape index (κ1) is 15.2. The van der Waals surface area contributed by atoms with E-state index in [1.165, 1.54) is 12.1 Å². The number of likely N-dealkylation sites (tertiary alicyclic amines) is 1. The molecular formula is C16H20F2N2O2. The summed E-state index contributed by atoms with van der Waals surface area (Å²) in [6, 6.07) is 6.44. The van der Waals surface area contributed by atoms with Crippen LogP contribution in [-0.2, 0) is 11.2 Å². The Morgan fingerprint density at radius 1 is 1.27 bits per heavy atom. The molecular weight excluding hydrogens is 290 g/mol. The summed E-state index contributed by atoms with van der Waals surface area (Å²) in [7, 11) is 0. The van der Waals surface area contributed by atoms with E-state index in [0.29, 0.717) is 11.8 Å². The lowest BCUT2D eigenvalue weighted by molar-refractivity contribution is -0.129. The number of hydrogen-bond acceptors (Lipinski definition) is 3. The number of carbonyl (C=O) groups excluding carboxylic acids is 1. The number of nitrogens with two attached hydrogens (primary N) is 1. The number of benzene rings is 1. The summed E-state index contributed by atoms with van der Waals surface area (Å²) in [4.78, 5) is 14.2. The van der Waals surface area contributed by atoms with E-state index in [2.05, 4.69) is 4.74 Å². The van der Waals surface area contributed by atoms with Crippen LogP contribution in [0.3, 0.4) is 0 Å². The molecule has 2 aliphatic rings. The maximum Gasteiger partial charge on any atom is 0.387 e. The Balaban J connectivity index is 1.56. The minimum absolute atomic E-state index is 0.0733. The molecule has 2 N–H and O–H groups in total. The Bertz CT molecular complexity index is 535. The average molecular weight is 310 g/mol. The standard InChI is InChI=1S/C16H20F2N2O2/c17-16(18)22-12-4-1-10(2-5-12)7-15(21)20-8-11-3-6-14(19)13(11)9-20/h1-2,4-5,11,13-14,16H,3,6-9,19H2. The molecule has 120 valence electrons. The van der Waals surface area contributed by atoms with E-state index >= 15 is 0 Å². The van der Waals surface area contributed by atoms with Gasteiger partial charge in [0.1, 0.15) is 5.75 Å². The molecule has 1 heterocycles. The zero-order valence-electron chi connectivity index (χ0n) is 12.3. The van der Waals surface area contributed by atoms with Gasteiger partial charge in [-0.25, -0.2) is 0 Å². The van der Waals surface area contributed by atoms with E-state index in [1.54, 1.807) is 12.1 Å². The molecule has 1 saturated heterocycles. The number of halogens is 2. The topological polar surface area (TPSA) is 55.6 Å². The molecule has 1 aliphatic carbocycles. The van der Waals surface area contributed by atoms with E-state index in [1.807, 2.05) is 4.90 Å². The summed E-state index contributed by atoms with van der Waals surface area (Å²) < 4.78 is 28.5. The molecule has 0 bridgehead atoms. The molecule has 4 nitrogen and oxygen atoms in total. The van der Waals surface area contributed by atoms with Gasteiger partial charge in [-0.05, 0) is 42.4 Å². The van der Waals surface area contributed by atoms with E-state index in [-0.39, 0.29) is 24.1 Å². The lowest BCUT2D eigenvalue weighted by Crippen LogP contribution is -2.34. The van der Waals surface area contributed by atoms with Crippen molar-refractivity contribution in [1.29, 1.82) is 0 Å². The van der Waals surface area contributed by atoms with Gasteiger partial charge in [0.05, 0.1) is 6.42 Å². The van der Waals surface area contributed by atoms with Crippen molar-refractivity contribution >= 4 is 5.91 Å². The second-order valence-electron chi connectivity index (χ2n) is 6.16. The van der Waals surface area contributed by atoms with Crippen LogP contribution in [0.1, 0.15) is 18.4 Å². The maximum atomic E-state index is 12.3. The van der Waals surface area contributed by atoms with E-state index in [4.69, 9.17) is 5.73 Å². The Labute approximate surface area is 128 Å². The van der Waals surface area contributed by atoms with Crippen LogP contribution in [0.15, 0.2) is 24.3 Å². The fourth-order valence-corrected chi connectivity index (χ4v) is 3.59. The van der Waals surface area contributed by atoms with Gasteiger partial charge in [0, 0.05) is 19.1 Å². The summed E-state index contributed by atoms with van der Waals surface area (Å²) in [6.45, 7) is -1.29. The van der Waals surface area contributed by atoms with Gasteiger partial charge < -0.3 is 15.4 Å². The maximum absolute atomic E-state index is 12.3. The second-order valence-corrected chi connectivity index (χ2v) is 6.16. The third-order valence-electron chi connectivity index (χ3n) is 4.77. The first-order chi connectivity index (χ1) is 10.5. The number of amides is 1. The Morgan fingerprint density at radius 3 is 2.64 bits per heavy atom. The van der Waals surface area contributed by atoms with E-state index in [0.717, 1.165) is 31.5 Å². The number of nitrogens with zero attached hydrogens (tertiary/aromatic N) is 1. The molecule has 0 aromatic heterocycles. The minimum Gasteiger partial charge on any atom is -0.435 e. The van der Waals surface area contributed by atoms with Gasteiger partial charge in [0.2, 0.25) is 5.91 Å². The smallest absolute Gasteiger partial charge is 0.387 e. The van der Waals surface area contributed by atoms with Crippen molar-refractivity contribution < 1.29 is 18.3 Å². The quantitative estimate of drug-likeness (QED) is 0.926. The Hall–Kier alpha value is -1.69. The lowest BCUT2D eigenvalue weighted by atomic mass is 9.98. The van der Waals surface area contributed by atoms with Gasteiger partial charge in [-0.15, -0.1) is 0 Å². The van der Waals surface area contributed by atoms with Crippen LogP contribution >= 0.6 is 0 Å². The van der Waals surface area contributed by atoms with Crippen LogP contribution in [-0.4, -0.2) is 36.5 Å². The van der Waals surface area contributed by atoms with Crippen LogP contribution < -0.4 is 10.5 Å². The second kappa shape index (κ2) is 6.20. The molecule has 1 aliphatic heterocycles. The van der Waals surface area contributed by atoms with Crippen LogP contribution in [0.25, 0.3) is 0 Å². The zero-order chi connectivity index (χ0) is 15.7. The molecule has 22 heavy (non-hydrogen) atoms. The number of hydrogen-bond donors (Lipinski definition) is 1. The van der Waals surface area contributed by atoms with Gasteiger partial charge >= 0.3 is 6.61 Å². The summed E-state index contributed by atoms with van der Waals surface area (Å²) in [5.41, 5.74) is 6.88. The first-order valence-corrected chi connectivity index (χ1v) is 7.60. The monoisotopic (exact) mass is 310 g/mol. The van der Waals surface area contributed by atoms with Crippen molar-refractivity contribution in [3.63, 3.8) is 0 Å². The van der Waals surface area contributed by atoms with Crippen molar-refractivity contribution in [2.24, 2.45) is 17.6 Å². The highest BCUT2D eigenvalue weighted by Gasteiger charge is 2.42. The molecule has 1 amide bonds. The van der Waals surface area contributed by atoms with Gasteiger partial charge in [-0.1, -0.05) is 12.1 Å². The fourth-order valence-electron chi connectivity index (χ4n) is 3.59. The number of carbonyl (C=O) groups is 1. The van der Waals surface area contributed by atoms with Crippen molar-refractivity contribution in [1.82, 2.24) is 4.90 Å². The van der Waals surface area contributed by atoms with Crippen LogP contribution in [0, 0.1) is 11.8 Å². The van der Waals surface area contributed by atoms with Crippen LogP contribution in [0.5, 0.6) is 5.75 Å². The van der Waals surface area contributed by atoms with Crippen molar-refractivity contribution in [2.45, 2.75) is 31.9 Å². The van der Waals surface area contributed by atoms with Crippen LogP contribution in [0.2, 0.25) is 0 Å². The minimum atomic E-state index is -2.83. The molecule has 3 atom stereocenters. The molecule has 6 heteroatoms. The number of ether oxygens (including phenoxy) is 1. The third-order valence-corrected chi connectivity index (χ3v) is 4.77.